The van der Waals surface area contributed by atoms with Crippen molar-refractivity contribution in [1.29, 1.82) is 0 Å². The number of hydrogen-bond acceptors (Lipinski definition) is 5. The third-order valence-electron chi connectivity index (χ3n) is 4.42. The van der Waals surface area contributed by atoms with Crippen LogP contribution >= 0.6 is 23.4 Å². The van der Waals surface area contributed by atoms with Crippen molar-refractivity contribution in [2.45, 2.75) is 13.0 Å². The van der Waals surface area contributed by atoms with Gasteiger partial charge in [0.1, 0.15) is 0 Å². The summed E-state index contributed by atoms with van der Waals surface area (Å²) in [7, 11) is 1.54. The van der Waals surface area contributed by atoms with E-state index in [-0.39, 0.29) is 23.2 Å². The van der Waals surface area contributed by atoms with E-state index in [4.69, 9.17) is 11.6 Å². The standard InChI is InChI=1S/C20H17ClN4O2S/c1-12-11-28-20(22-12)25(14-9-7-13(21)8-10-14)19(27)17-15-5-3-4-6-16(15)18(26)24(2)23-17/h3-10,12H,11H2,1-2H3/t12-/m1/s1. The Kier molecular flexibility index (Phi) is 4.95. The largest absolute Gasteiger partial charge is 0.285 e. The molecule has 3 aromatic rings. The molecule has 2 aromatic carbocycles. The molecule has 0 spiro atoms. The van der Waals surface area contributed by atoms with Crippen molar-refractivity contribution in [3.8, 4) is 0 Å². The Morgan fingerprint density at radius 1 is 1.18 bits per heavy atom. The Balaban J connectivity index is 1.90. The minimum absolute atomic E-state index is 0.118. The van der Waals surface area contributed by atoms with Crippen LogP contribution in [0.4, 0.5) is 5.69 Å². The van der Waals surface area contributed by atoms with E-state index in [9.17, 15) is 9.59 Å². The second-order valence-corrected chi connectivity index (χ2v) is 7.94. The highest BCUT2D eigenvalue weighted by Gasteiger charge is 2.30. The molecule has 28 heavy (non-hydrogen) atoms. The number of rotatable bonds is 2. The van der Waals surface area contributed by atoms with Crippen LogP contribution in [0.15, 0.2) is 58.3 Å². The van der Waals surface area contributed by atoms with E-state index in [2.05, 4.69) is 10.1 Å². The molecule has 1 atom stereocenters. The number of aliphatic imine (C=N–C) groups is 1. The normalized spacial score (nSPS) is 16.2. The minimum Gasteiger partial charge on any atom is -0.267 e. The smallest absolute Gasteiger partial charge is 0.267 e. The van der Waals surface area contributed by atoms with Gasteiger partial charge in [0, 0.05) is 23.2 Å². The Morgan fingerprint density at radius 3 is 2.50 bits per heavy atom. The highest BCUT2D eigenvalue weighted by molar-refractivity contribution is 8.14. The number of carbonyl (C=O) groups is 1. The van der Waals surface area contributed by atoms with Crippen LogP contribution in [0.1, 0.15) is 17.4 Å². The summed E-state index contributed by atoms with van der Waals surface area (Å²) in [4.78, 5) is 32.2. The van der Waals surface area contributed by atoms with Crippen molar-refractivity contribution in [1.82, 2.24) is 9.78 Å². The molecule has 0 bridgehead atoms. The van der Waals surface area contributed by atoms with Gasteiger partial charge in [-0.25, -0.2) is 4.68 Å². The van der Waals surface area contributed by atoms with Crippen molar-refractivity contribution in [3.05, 3.63) is 69.6 Å². The first-order valence-electron chi connectivity index (χ1n) is 8.72. The van der Waals surface area contributed by atoms with Gasteiger partial charge in [-0.2, -0.15) is 5.10 Å². The highest BCUT2D eigenvalue weighted by Crippen LogP contribution is 2.29. The molecular weight excluding hydrogens is 396 g/mol. The van der Waals surface area contributed by atoms with Gasteiger partial charge >= 0.3 is 0 Å². The molecule has 4 rings (SSSR count). The van der Waals surface area contributed by atoms with Crippen LogP contribution in [-0.2, 0) is 7.05 Å². The summed E-state index contributed by atoms with van der Waals surface area (Å²) in [6.07, 6.45) is 0. The number of aromatic nitrogens is 2. The summed E-state index contributed by atoms with van der Waals surface area (Å²) in [5.74, 6) is 0.461. The average Bonchev–Trinajstić information content (AvgIpc) is 3.12. The monoisotopic (exact) mass is 412 g/mol. The molecule has 1 amide bonds. The maximum atomic E-state index is 13.6. The van der Waals surface area contributed by atoms with E-state index >= 15 is 0 Å². The second kappa shape index (κ2) is 7.41. The molecule has 8 heteroatoms. The summed E-state index contributed by atoms with van der Waals surface area (Å²) < 4.78 is 1.20. The zero-order valence-corrected chi connectivity index (χ0v) is 16.9. The number of carbonyl (C=O) groups excluding carboxylic acids is 1. The molecule has 0 unspecified atom stereocenters. The van der Waals surface area contributed by atoms with E-state index < -0.39 is 0 Å². The van der Waals surface area contributed by atoms with Crippen LogP contribution in [0.5, 0.6) is 0 Å². The molecule has 1 aliphatic rings. The number of anilines is 1. The quantitative estimate of drug-likeness (QED) is 0.643. The minimum atomic E-state index is -0.338. The fourth-order valence-electron chi connectivity index (χ4n) is 3.05. The number of amides is 1. The van der Waals surface area contributed by atoms with Crippen molar-refractivity contribution in [3.63, 3.8) is 0 Å². The van der Waals surface area contributed by atoms with Gasteiger partial charge in [0.25, 0.3) is 11.5 Å². The number of thioether (sulfide) groups is 1. The first-order chi connectivity index (χ1) is 13.5. The van der Waals surface area contributed by atoms with E-state index in [0.717, 1.165) is 5.75 Å². The molecule has 0 saturated carbocycles. The summed E-state index contributed by atoms with van der Waals surface area (Å²) in [6, 6.07) is 14.1. The lowest BCUT2D eigenvalue weighted by Gasteiger charge is -2.22. The van der Waals surface area contributed by atoms with E-state index in [1.54, 1.807) is 60.5 Å². The van der Waals surface area contributed by atoms with Crippen LogP contribution in [0, 0.1) is 0 Å². The molecular formula is C20H17ClN4O2S. The number of fused-ring (bicyclic) bond motifs is 1. The number of aryl methyl sites for hydroxylation is 1. The predicted molar refractivity (Wildman–Crippen MR) is 115 cm³/mol. The molecule has 1 aliphatic heterocycles. The molecule has 0 saturated heterocycles. The molecule has 2 heterocycles. The lowest BCUT2D eigenvalue weighted by molar-refractivity contribution is 0.0998. The maximum absolute atomic E-state index is 13.6. The van der Waals surface area contributed by atoms with E-state index in [1.165, 1.54) is 16.4 Å². The Hall–Kier alpha value is -2.64. The lowest BCUT2D eigenvalue weighted by Crippen LogP contribution is -2.37. The summed E-state index contributed by atoms with van der Waals surface area (Å²) in [5, 5.41) is 6.44. The van der Waals surface area contributed by atoms with Gasteiger partial charge in [0.2, 0.25) is 0 Å². The van der Waals surface area contributed by atoms with E-state index in [0.29, 0.717) is 26.7 Å². The van der Waals surface area contributed by atoms with Gasteiger partial charge in [0.15, 0.2) is 10.9 Å². The number of hydrogen-bond donors (Lipinski definition) is 0. The van der Waals surface area contributed by atoms with Crippen LogP contribution in [0.2, 0.25) is 5.02 Å². The molecule has 0 aliphatic carbocycles. The first kappa shape index (κ1) is 18.7. The third kappa shape index (κ3) is 3.31. The van der Waals surface area contributed by atoms with Gasteiger partial charge in [-0.15, -0.1) is 0 Å². The SMILES string of the molecule is C[C@@H]1CSC(N(C(=O)c2nn(C)c(=O)c3ccccc23)c2ccc(Cl)cc2)=N1. The van der Waals surface area contributed by atoms with Crippen molar-refractivity contribution < 1.29 is 4.79 Å². The van der Waals surface area contributed by atoms with Gasteiger partial charge in [-0.3, -0.25) is 19.5 Å². The number of nitrogens with zero attached hydrogens (tertiary/aromatic N) is 4. The lowest BCUT2D eigenvalue weighted by atomic mass is 10.1. The number of amidine groups is 1. The van der Waals surface area contributed by atoms with Crippen LogP contribution in [0.25, 0.3) is 10.8 Å². The second-order valence-electron chi connectivity index (χ2n) is 6.51. The average molecular weight is 413 g/mol. The van der Waals surface area contributed by atoms with Gasteiger partial charge in [-0.05, 0) is 37.3 Å². The molecule has 142 valence electrons. The number of benzene rings is 2. The Morgan fingerprint density at radius 2 is 1.86 bits per heavy atom. The third-order valence-corrected chi connectivity index (χ3v) is 5.87. The van der Waals surface area contributed by atoms with Crippen molar-refractivity contribution in [2.24, 2.45) is 12.0 Å². The van der Waals surface area contributed by atoms with Crippen LogP contribution < -0.4 is 10.5 Å². The van der Waals surface area contributed by atoms with Gasteiger partial charge in [-0.1, -0.05) is 41.6 Å². The summed E-state index contributed by atoms with van der Waals surface area (Å²) in [6.45, 7) is 2.00. The molecule has 0 N–H and O–H groups in total. The highest BCUT2D eigenvalue weighted by atomic mass is 35.5. The Bertz CT molecular complexity index is 1160. The summed E-state index contributed by atoms with van der Waals surface area (Å²) in [5.41, 5.74) is 0.608. The molecule has 0 fully saturated rings. The van der Waals surface area contributed by atoms with E-state index in [1.807, 2.05) is 6.92 Å². The molecule has 0 radical (unpaired) electrons. The fraction of sp³-hybridized carbons (Fsp3) is 0.200. The zero-order chi connectivity index (χ0) is 19.8. The van der Waals surface area contributed by atoms with Gasteiger partial charge < -0.3 is 0 Å². The molecule has 6 nitrogen and oxygen atoms in total. The zero-order valence-electron chi connectivity index (χ0n) is 15.3. The van der Waals surface area contributed by atoms with Crippen molar-refractivity contribution in [2.75, 3.05) is 10.7 Å². The first-order valence-corrected chi connectivity index (χ1v) is 10.1. The topological polar surface area (TPSA) is 67.6 Å². The van der Waals surface area contributed by atoms with Crippen molar-refractivity contribution >= 4 is 50.9 Å². The molecule has 1 aromatic heterocycles. The van der Waals surface area contributed by atoms with Crippen LogP contribution in [-0.4, -0.2) is 32.7 Å². The maximum Gasteiger partial charge on any atom is 0.285 e. The predicted octanol–water partition coefficient (Wildman–Crippen LogP) is 3.73. The van der Waals surface area contributed by atoms with Gasteiger partial charge in [0.05, 0.1) is 17.1 Å². The Labute approximate surface area is 170 Å². The summed E-state index contributed by atoms with van der Waals surface area (Å²) >= 11 is 7.54. The van der Waals surface area contributed by atoms with Crippen LogP contribution in [0.3, 0.4) is 0 Å². The fourth-order valence-corrected chi connectivity index (χ4v) is 4.21. The number of halogens is 1.